The molecule has 0 saturated heterocycles. The summed E-state index contributed by atoms with van der Waals surface area (Å²) in [5.74, 6) is -4.53. The molecule has 120 valence electrons. The van der Waals surface area contributed by atoms with E-state index in [1.54, 1.807) is 0 Å². The third-order valence-electron chi connectivity index (χ3n) is 2.48. The largest absolute Gasteiger partial charge is 0.481 e. The number of ether oxygens (including phenoxy) is 1. The van der Waals surface area contributed by atoms with Gasteiger partial charge >= 0.3 is 23.9 Å². The van der Waals surface area contributed by atoms with Crippen molar-refractivity contribution in [1.29, 1.82) is 0 Å². The highest BCUT2D eigenvalue weighted by Crippen LogP contribution is 1.95. The number of esters is 1. The Labute approximate surface area is 120 Å². The van der Waals surface area contributed by atoms with E-state index in [1.165, 1.54) is 0 Å². The van der Waals surface area contributed by atoms with Crippen molar-refractivity contribution < 1.29 is 39.2 Å². The van der Waals surface area contributed by atoms with Crippen LogP contribution in [0.15, 0.2) is 0 Å². The quantitative estimate of drug-likeness (QED) is 0.215. The van der Waals surface area contributed by atoms with Gasteiger partial charge in [0.05, 0.1) is 20.0 Å². The smallest absolute Gasteiger partial charge is 0.321 e. The first kappa shape index (κ1) is 18.8. The molecule has 2 unspecified atom stereocenters. The zero-order valence-corrected chi connectivity index (χ0v) is 11.4. The Bertz CT molecular complexity index is 398. The van der Waals surface area contributed by atoms with Crippen molar-refractivity contribution in [3.63, 3.8) is 0 Å². The fourth-order valence-electron chi connectivity index (χ4n) is 1.41. The first-order chi connectivity index (χ1) is 9.77. The lowest BCUT2D eigenvalue weighted by molar-refractivity contribution is -0.147. The molecule has 0 aliphatic rings. The normalized spacial score (nSPS) is 13.2. The summed E-state index contributed by atoms with van der Waals surface area (Å²) in [5.41, 5.74) is 0. The predicted octanol–water partition coefficient (Wildman–Crippen LogP) is -1.89. The summed E-state index contributed by atoms with van der Waals surface area (Å²) in [7, 11) is 1.13. The van der Waals surface area contributed by atoms with Gasteiger partial charge in [0.25, 0.3) is 0 Å². The average molecular weight is 306 g/mol. The topological polar surface area (TPSA) is 162 Å². The molecule has 0 fully saturated rings. The molecule has 0 rings (SSSR count). The van der Waals surface area contributed by atoms with Gasteiger partial charge in [0.15, 0.2) is 0 Å². The van der Waals surface area contributed by atoms with Gasteiger partial charge in [-0.2, -0.15) is 0 Å². The molecule has 10 heteroatoms. The van der Waals surface area contributed by atoms with Crippen LogP contribution in [0.3, 0.4) is 0 Å². The fourth-order valence-corrected chi connectivity index (χ4v) is 1.41. The number of carboxylic acid groups (broad SMARTS) is 3. The zero-order chi connectivity index (χ0) is 16.4. The van der Waals surface area contributed by atoms with Crippen LogP contribution in [0.1, 0.15) is 12.8 Å². The molecule has 0 aliphatic heterocycles. The third-order valence-corrected chi connectivity index (χ3v) is 2.48. The first-order valence-electron chi connectivity index (χ1n) is 5.99. The highest BCUT2D eigenvalue weighted by molar-refractivity contribution is 5.81. The second-order valence-electron chi connectivity index (χ2n) is 4.07. The van der Waals surface area contributed by atoms with Crippen LogP contribution < -0.4 is 10.6 Å². The minimum Gasteiger partial charge on any atom is -0.481 e. The molecule has 0 aromatic rings. The SMILES string of the molecule is COC(=O)CC(NCCNC(CC(=O)O)C(=O)O)C(=O)O. The first-order valence-corrected chi connectivity index (χ1v) is 5.99. The van der Waals surface area contributed by atoms with Gasteiger partial charge in [0.1, 0.15) is 12.1 Å². The van der Waals surface area contributed by atoms with Crippen LogP contribution in [-0.4, -0.2) is 71.5 Å². The molecule has 5 N–H and O–H groups in total. The molecule has 0 bridgehead atoms. The van der Waals surface area contributed by atoms with Gasteiger partial charge in [-0.3, -0.25) is 19.2 Å². The van der Waals surface area contributed by atoms with Crippen molar-refractivity contribution in [3.8, 4) is 0 Å². The van der Waals surface area contributed by atoms with E-state index in [2.05, 4.69) is 15.4 Å². The fraction of sp³-hybridized carbons (Fsp3) is 0.636. The van der Waals surface area contributed by atoms with Gasteiger partial charge in [-0.05, 0) is 0 Å². The molecular weight excluding hydrogens is 288 g/mol. The van der Waals surface area contributed by atoms with Crippen LogP contribution in [-0.2, 0) is 23.9 Å². The van der Waals surface area contributed by atoms with E-state index in [0.29, 0.717) is 0 Å². The van der Waals surface area contributed by atoms with Gasteiger partial charge in [0.2, 0.25) is 0 Å². The van der Waals surface area contributed by atoms with E-state index >= 15 is 0 Å². The highest BCUT2D eigenvalue weighted by atomic mass is 16.5. The average Bonchev–Trinajstić information content (AvgIpc) is 2.39. The lowest BCUT2D eigenvalue weighted by Crippen LogP contribution is -2.45. The molecule has 0 radical (unpaired) electrons. The number of carboxylic acids is 3. The summed E-state index contributed by atoms with van der Waals surface area (Å²) in [6, 6.07) is -2.44. The summed E-state index contributed by atoms with van der Waals surface area (Å²) in [6.45, 7) is 0.0621. The summed E-state index contributed by atoms with van der Waals surface area (Å²) in [5, 5.41) is 31.2. The number of carbonyl (C=O) groups excluding carboxylic acids is 1. The van der Waals surface area contributed by atoms with Gasteiger partial charge in [-0.25, -0.2) is 0 Å². The summed E-state index contributed by atoms with van der Waals surface area (Å²) in [4.78, 5) is 43.1. The van der Waals surface area contributed by atoms with Crippen LogP contribution >= 0.6 is 0 Å². The van der Waals surface area contributed by atoms with Crippen molar-refractivity contribution in [2.45, 2.75) is 24.9 Å². The number of methoxy groups -OCH3 is 1. The van der Waals surface area contributed by atoms with Crippen LogP contribution in [0.2, 0.25) is 0 Å². The van der Waals surface area contributed by atoms with Gasteiger partial charge in [-0.15, -0.1) is 0 Å². The zero-order valence-electron chi connectivity index (χ0n) is 11.4. The third kappa shape index (κ3) is 8.55. The van der Waals surface area contributed by atoms with Crippen molar-refractivity contribution in [2.24, 2.45) is 0 Å². The summed E-state index contributed by atoms with van der Waals surface area (Å²) < 4.78 is 4.35. The van der Waals surface area contributed by atoms with E-state index in [-0.39, 0.29) is 19.5 Å². The Hall–Kier alpha value is -2.20. The van der Waals surface area contributed by atoms with Gasteiger partial charge in [0, 0.05) is 13.1 Å². The maximum absolute atomic E-state index is 11.0. The Morgan fingerprint density at radius 3 is 1.67 bits per heavy atom. The van der Waals surface area contributed by atoms with Crippen LogP contribution in [0.5, 0.6) is 0 Å². The molecule has 2 atom stereocenters. The molecule has 0 aliphatic carbocycles. The standard InChI is InChI=1S/C11H18N2O8/c1-21-9(16)5-7(11(19)20)13-3-2-12-6(10(17)18)4-8(14)15/h6-7,12-13H,2-5H2,1H3,(H,14,15)(H,17,18)(H,19,20). The monoisotopic (exact) mass is 306 g/mol. The van der Waals surface area contributed by atoms with E-state index < -0.39 is 42.4 Å². The molecule has 0 aromatic carbocycles. The second-order valence-corrected chi connectivity index (χ2v) is 4.07. The van der Waals surface area contributed by atoms with Gasteiger partial charge < -0.3 is 30.7 Å². The predicted molar refractivity (Wildman–Crippen MR) is 67.7 cm³/mol. The molecule has 0 spiro atoms. The van der Waals surface area contributed by atoms with Gasteiger partial charge in [-0.1, -0.05) is 0 Å². The number of carbonyl (C=O) groups is 4. The maximum Gasteiger partial charge on any atom is 0.321 e. The Kier molecular flexibility index (Phi) is 8.65. The minimum absolute atomic E-state index is 0.0230. The molecular formula is C11H18N2O8. The molecule has 10 nitrogen and oxygen atoms in total. The molecule has 0 heterocycles. The lowest BCUT2D eigenvalue weighted by Gasteiger charge is -2.15. The van der Waals surface area contributed by atoms with E-state index in [9.17, 15) is 19.2 Å². The van der Waals surface area contributed by atoms with Crippen molar-refractivity contribution in [1.82, 2.24) is 10.6 Å². The van der Waals surface area contributed by atoms with E-state index in [0.717, 1.165) is 7.11 Å². The highest BCUT2D eigenvalue weighted by Gasteiger charge is 2.22. The number of aliphatic carboxylic acids is 3. The number of nitrogens with one attached hydrogen (secondary N) is 2. The molecule has 0 amide bonds. The molecule has 0 saturated carbocycles. The van der Waals surface area contributed by atoms with Crippen molar-refractivity contribution in [3.05, 3.63) is 0 Å². The van der Waals surface area contributed by atoms with Crippen LogP contribution in [0, 0.1) is 0 Å². The van der Waals surface area contributed by atoms with Crippen molar-refractivity contribution >= 4 is 23.9 Å². The number of hydrogen-bond donors (Lipinski definition) is 5. The second kappa shape index (κ2) is 9.66. The Morgan fingerprint density at radius 2 is 1.33 bits per heavy atom. The number of rotatable bonds is 11. The van der Waals surface area contributed by atoms with Crippen LogP contribution in [0.4, 0.5) is 0 Å². The Balaban J connectivity index is 4.19. The maximum atomic E-state index is 11.0. The van der Waals surface area contributed by atoms with Crippen molar-refractivity contribution in [2.75, 3.05) is 20.2 Å². The molecule has 0 aromatic heterocycles. The minimum atomic E-state index is -1.32. The van der Waals surface area contributed by atoms with Crippen LogP contribution in [0.25, 0.3) is 0 Å². The lowest BCUT2D eigenvalue weighted by atomic mass is 10.2. The summed E-state index contributed by atoms with van der Waals surface area (Å²) in [6.07, 6.45) is -0.969. The van der Waals surface area contributed by atoms with E-state index in [1.807, 2.05) is 0 Å². The molecule has 21 heavy (non-hydrogen) atoms. The summed E-state index contributed by atoms with van der Waals surface area (Å²) >= 11 is 0. The van der Waals surface area contributed by atoms with E-state index in [4.69, 9.17) is 15.3 Å². The Morgan fingerprint density at radius 1 is 0.905 bits per heavy atom. The number of hydrogen-bond acceptors (Lipinski definition) is 7.